The summed E-state index contributed by atoms with van der Waals surface area (Å²) in [6.45, 7) is 3.23. The van der Waals surface area contributed by atoms with Crippen molar-refractivity contribution in [2.45, 2.75) is 31.5 Å². The summed E-state index contributed by atoms with van der Waals surface area (Å²) in [5.41, 5.74) is 3.65. The molecule has 1 fully saturated rings. The number of pyridine rings is 1. The Bertz CT molecular complexity index is 1430. The van der Waals surface area contributed by atoms with Gasteiger partial charge in [0.05, 0.1) is 29.9 Å². The van der Waals surface area contributed by atoms with E-state index in [0.717, 1.165) is 71.3 Å². The third kappa shape index (κ3) is 7.44. The normalized spacial score (nSPS) is 14.9. The van der Waals surface area contributed by atoms with Gasteiger partial charge in [0.2, 0.25) is 0 Å². The molecule has 1 aliphatic heterocycles. The SMILES string of the molecule is COc1ccc2nccc([C@@H](O)CN3CCC(NCc4cc5ccccc5nn4)CC3)c2c1.O=C(O)C(=O)O. The first-order valence-electron chi connectivity index (χ1n) is 12.6. The number of carboxylic acid groups (broad SMARTS) is 2. The zero-order valence-corrected chi connectivity index (χ0v) is 21.5. The van der Waals surface area contributed by atoms with Crippen LogP contribution in [0.25, 0.3) is 21.8 Å². The lowest BCUT2D eigenvalue weighted by molar-refractivity contribution is -0.159. The third-order valence-corrected chi connectivity index (χ3v) is 6.66. The third-order valence-electron chi connectivity index (χ3n) is 6.66. The van der Waals surface area contributed by atoms with Gasteiger partial charge in [0, 0.05) is 36.1 Å². The number of nitrogens with one attached hydrogen (secondary N) is 1. The molecule has 0 bridgehead atoms. The summed E-state index contributed by atoms with van der Waals surface area (Å²) < 4.78 is 5.36. The van der Waals surface area contributed by atoms with Gasteiger partial charge in [0.25, 0.3) is 0 Å². The summed E-state index contributed by atoms with van der Waals surface area (Å²) in [6.07, 6.45) is 3.27. The van der Waals surface area contributed by atoms with Crippen LogP contribution >= 0.6 is 0 Å². The number of aliphatic hydroxyl groups excluding tert-OH is 1. The molecule has 0 unspecified atom stereocenters. The molecule has 1 saturated heterocycles. The van der Waals surface area contributed by atoms with Gasteiger partial charge >= 0.3 is 11.9 Å². The van der Waals surface area contributed by atoms with Crippen molar-refractivity contribution in [3.63, 3.8) is 0 Å². The van der Waals surface area contributed by atoms with Crippen LogP contribution in [0.3, 0.4) is 0 Å². The van der Waals surface area contributed by atoms with Gasteiger partial charge in [-0.1, -0.05) is 18.2 Å². The minimum Gasteiger partial charge on any atom is -0.497 e. The van der Waals surface area contributed by atoms with Crippen molar-refractivity contribution in [3.05, 3.63) is 72.1 Å². The molecule has 11 heteroatoms. The van der Waals surface area contributed by atoms with Crippen LogP contribution < -0.4 is 10.1 Å². The minimum atomic E-state index is -1.82. The number of aliphatic hydroxyl groups is 1. The summed E-state index contributed by atoms with van der Waals surface area (Å²) in [7, 11) is 1.65. The Morgan fingerprint density at radius 1 is 1.03 bits per heavy atom. The highest BCUT2D eigenvalue weighted by molar-refractivity contribution is 6.27. The van der Waals surface area contributed by atoms with Crippen LogP contribution in [0.5, 0.6) is 5.75 Å². The summed E-state index contributed by atoms with van der Waals surface area (Å²) in [5.74, 6) is -2.88. The summed E-state index contributed by atoms with van der Waals surface area (Å²) in [4.78, 5) is 25.0. The van der Waals surface area contributed by atoms with Crippen LogP contribution in [0.2, 0.25) is 0 Å². The molecule has 11 nitrogen and oxygen atoms in total. The Hall–Kier alpha value is -4.19. The summed E-state index contributed by atoms with van der Waals surface area (Å²) in [6, 6.07) is 18.3. The second kappa shape index (κ2) is 13.1. The molecule has 0 aliphatic carbocycles. The zero-order chi connectivity index (χ0) is 27.8. The van der Waals surface area contributed by atoms with E-state index in [-0.39, 0.29) is 0 Å². The van der Waals surface area contributed by atoms with Crippen LogP contribution in [0.15, 0.2) is 60.8 Å². The molecule has 0 amide bonds. The van der Waals surface area contributed by atoms with Crippen LogP contribution in [0.1, 0.15) is 30.2 Å². The first-order chi connectivity index (χ1) is 18.8. The molecule has 204 valence electrons. The number of methoxy groups -OCH3 is 1. The van der Waals surface area contributed by atoms with Crippen molar-refractivity contribution in [1.29, 1.82) is 0 Å². The fourth-order valence-corrected chi connectivity index (χ4v) is 4.59. The molecule has 2 aromatic heterocycles. The molecule has 1 aliphatic rings. The fourth-order valence-electron chi connectivity index (χ4n) is 4.59. The van der Waals surface area contributed by atoms with Gasteiger partial charge in [-0.2, -0.15) is 10.2 Å². The Morgan fingerprint density at radius 2 is 1.77 bits per heavy atom. The lowest BCUT2D eigenvalue weighted by Crippen LogP contribution is -2.43. The van der Waals surface area contributed by atoms with E-state index in [1.165, 1.54) is 0 Å². The van der Waals surface area contributed by atoms with Crippen LogP contribution in [-0.2, 0) is 16.1 Å². The average Bonchev–Trinajstić information content (AvgIpc) is 2.96. The number of carbonyl (C=O) groups is 2. The van der Waals surface area contributed by atoms with E-state index in [4.69, 9.17) is 24.5 Å². The van der Waals surface area contributed by atoms with Crippen molar-refractivity contribution in [2.75, 3.05) is 26.7 Å². The minimum absolute atomic E-state index is 0.442. The Kier molecular flexibility index (Phi) is 9.31. The van der Waals surface area contributed by atoms with Crippen molar-refractivity contribution < 1.29 is 29.6 Å². The molecule has 4 aromatic rings. The molecule has 0 radical (unpaired) electrons. The smallest absolute Gasteiger partial charge is 0.414 e. The number of aliphatic carboxylic acids is 2. The van der Waals surface area contributed by atoms with E-state index in [0.29, 0.717) is 12.6 Å². The molecular weight excluding hydrogens is 502 g/mol. The van der Waals surface area contributed by atoms with Crippen molar-refractivity contribution in [1.82, 2.24) is 25.4 Å². The monoisotopic (exact) mass is 533 g/mol. The van der Waals surface area contributed by atoms with Crippen LogP contribution in [-0.4, -0.2) is 80.1 Å². The number of carboxylic acids is 2. The van der Waals surface area contributed by atoms with E-state index in [9.17, 15) is 5.11 Å². The van der Waals surface area contributed by atoms with Gasteiger partial charge in [-0.05, 0) is 67.9 Å². The fraction of sp³-hybridized carbons (Fsp3) is 0.321. The van der Waals surface area contributed by atoms with Gasteiger partial charge < -0.3 is 30.3 Å². The number of β-amino-alcohol motifs (C(OH)–C–C–N with tert-alkyl or cyclic N) is 1. The van der Waals surface area contributed by atoms with Crippen LogP contribution in [0, 0.1) is 0 Å². The Balaban J connectivity index is 0.000000531. The molecule has 39 heavy (non-hydrogen) atoms. The highest BCUT2D eigenvalue weighted by Gasteiger charge is 2.22. The first kappa shape index (κ1) is 27.8. The van der Waals surface area contributed by atoms with E-state index in [1.807, 2.05) is 42.5 Å². The molecule has 0 saturated carbocycles. The number of hydrogen-bond acceptors (Lipinski definition) is 9. The van der Waals surface area contributed by atoms with Crippen molar-refractivity contribution >= 4 is 33.7 Å². The largest absolute Gasteiger partial charge is 0.497 e. The quantitative estimate of drug-likeness (QED) is 0.259. The predicted molar refractivity (Wildman–Crippen MR) is 144 cm³/mol. The summed E-state index contributed by atoms with van der Waals surface area (Å²) >= 11 is 0. The van der Waals surface area contributed by atoms with Crippen molar-refractivity contribution in [3.8, 4) is 5.75 Å². The van der Waals surface area contributed by atoms with Gasteiger partial charge in [-0.15, -0.1) is 0 Å². The Morgan fingerprint density at radius 3 is 2.49 bits per heavy atom. The van der Waals surface area contributed by atoms with Gasteiger partial charge in [-0.25, -0.2) is 9.59 Å². The number of nitrogens with zero attached hydrogens (tertiary/aromatic N) is 4. The lowest BCUT2D eigenvalue weighted by Gasteiger charge is -2.33. The second-order valence-corrected chi connectivity index (χ2v) is 9.26. The van der Waals surface area contributed by atoms with E-state index in [2.05, 4.69) is 37.5 Å². The summed E-state index contributed by atoms with van der Waals surface area (Å²) in [5, 5.41) is 40.1. The number of ether oxygens (including phenoxy) is 1. The zero-order valence-electron chi connectivity index (χ0n) is 21.5. The number of aromatic nitrogens is 3. The number of hydrogen-bond donors (Lipinski definition) is 4. The molecule has 3 heterocycles. The second-order valence-electron chi connectivity index (χ2n) is 9.26. The van der Waals surface area contributed by atoms with E-state index in [1.54, 1.807) is 13.3 Å². The molecule has 4 N–H and O–H groups in total. The maximum Gasteiger partial charge on any atom is 0.414 e. The maximum atomic E-state index is 11.0. The maximum absolute atomic E-state index is 11.0. The molecule has 1 atom stereocenters. The highest BCUT2D eigenvalue weighted by Crippen LogP contribution is 2.27. The topological polar surface area (TPSA) is 158 Å². The van der Waals surface area contributed by atoms with E-state index >= 15 is 0 Å². The standard InChI is InChI=1S/C26H29N5O2.C2H2O4/c1-33-21-6-7-25-23(15-21)22(8-11-27-25)26(32)17-31-12-9-19(10-13-31)28-16-20-14-18-4-2-3-5-24(18)30-29-20;3-1(4)2(5)6/h2-8,11,14-15,19,26,28,32H,9-10,12-13,16-17H2,1H3;(H,3,4)(H,5,6)/t26-;/m0./s1. The Labute approximate surface area is 225 Å². The molecular formula is C28H31N5O6. The molecule has 2 aromatic carbocycles. The lowest BCUT2D eigenvalue weighted by atomic mass is 10.0. The van der Waals surface area contributed by atoms with Gasteiger partial charge in [-0.3, -0.25) is 4.98 Å². The average molecular weight is 534 g/mol. The highest BCUT2D eigenvalue weighted by atomic mass is 16.5. The number of fused-ring (bicyclic) bond motifs is 2. The molecule has 0 spiro atoms. The number of likely N-dealkylation sites (tertiary alicyclic amines) is 1. The van der Waals surface area contributed by atoms with Crippen LogP contribution in [0.4, 0.5) is 0 Å². The number of benzene rings is 2. The first-order valence-corrected chi connectivity index (χ1v) is 12.6. The number of piperidine rings is 1. The number of rotatable bonds is 7. The molecule has 5 rings (SSSR count). The van der Waals surface area contributed by atoms with Crippen molar-refractivity contribution in [2.24, 2.45) is 0 Å². The van der Waals surface area contributed by atoms with E-state index < -0.39 is 18.0 Å². The van der Waals surface area contributed by atoms with Gasteiger partial charge in [0.1, 0.15) is 5.75 Å². The van der Waals surface area contributed by atoms with Gasteiger partial charge in [0.15, 0.2) is 0 Å². The predicted octanol–water partition coefficient (Wildman–Crippen LogP) is 2.63.